The van der Waals surface area contributed by atoms with Crippen LogP contribution in [0.25, 0.3) is 0 Å². The van der Waals surface area contributed by atoms with Gasteiger partial charge in [0.05, 0.1) is 24.5 Å². The summed E-state index contributed by atoms with van der Waals surface area (Å²) in [6.07, 6.45) is 0.923. The van der Waals surface area contributed by atoms with Crippen molar-refractivity contribution in [2.24, 2.45) is 5.92 Å². The van der Waals surface area contributed by atoms with E-state index >= 15 is 0 Å². The van der Waals surface area contributed by atoms with Gasteiger partial charge in [-0.2, -0.15) is 0 Å². The SMILES string of the molecule is CCC(C)C(C)(O)CNC(C)c1ccc(N2CCOCC2)c(F)c1. The van der Waals surface area contributed by atoms with Gasteiger partial charge in [0.2, 0.25) is 0 Å². The van der Waals surface area contributed by atoms with E-state index in [4.69, 9.17) is 4.74 Å². The second-order valence-corrected chi connectivity index (χ2v) is 7.08. The van der Waals surface area contributed by atoms with Crippen molar-refractivity contribution in [3.63, 3.8) is 0 Å². The zero-order valence-electron chi connectivity index (χ0n) is 15.3. The van der Waals surface area contributed by atoms with Gasteiger partial charge < -0.3 is 20.1 Å². The van der Waals surface area contributed by atoms with E-state index in [0.717, 1.165) is 25.1 Å². The summed E-state index contributed by atoms with van der Waals surface area (Å²) in [5.41, 5.74) is 0.764. The third kappa shape index (κ3) is 4.68. The summed E-state index contributed by atoms with van der Waals surface area (Å²) in [4.78, 5) is 2.02. The normalized spacial score (nSPS) is 20.5. The van der Waals surface area contributed by atoms with Gasteiger partial charge in [0.1, 0.15) is 5.82 Å². The lowest BCUT2D eigenvalue weighted by molar-refractivity contribution is 0.00365. The molecule has 1 saturated heterocycles. The standard InChI is InChI=1S/C19H31FN2O2/c1-5-14(2)19(4,23)13-21-15(3)16-6-7-18(17(20)12-16)22-8-10-24-11-9-22/h6-7,12,14-15,21,23H,5,8-11,13H2,1-4H3. The highest BCUT2D eigenvalue weighted by Gasteiger charge is 2.27. The van der Waals surface area contributed by atoms with Gasteiger partial charge in [-0.15, -0.1) is 0 Å². The first kappa shape index (κ1) is 19.2. The van der Waals surface area contributed by atoms with E-state index in [1.165, 1.54) is 0 Å². The summed E-state index contributed by atoms with van der Waals surface area (Å²) >= 11 is 0. The molecule has 1 heterocycles. The average Bonchev–Trinajstić information content (AvgIpc) is 2.59. The van der Waals surface area contributed by atoms with Crippen LogP contribution in [0.15, 0.2) is 18.2 Å². The number of nitrogens with one attached hydrogen (secondary N) is 1. The number of ether oxygens (including phenoxy) is 1. The first-order valence-electron chi connectivity index (χ1n) is 8.93. The van der Waals surface area contributed by atoms with Crippen LogP contribution in [-0.4, -0.2) is 43.6 Å². The van der Waals surface area contributed by atoms with Crippen molar-refractivity contribution in [3.8, 4) is 0 Å². The lowest BCUT2D eigenvalue weighted by Gasteiger charge is -2.32. The molecule has 5 heteroatoms. The fourth-order valence-electron chi connectivity index (χ4n) is 2.94. The van der Waals surface area contributed by atoms with Gasteiger partial charge >= 0.3 is 0 Å². The molecule has 1 aromatic rings. The zero-order chi connectivity index (χ0) is 17.7. The van der Waals surface area contributed by atoms with Crippen LogP contribution in [-0.2, 0) is 4.74 Å². The molecule has 3 unspecified atom stereocenters. The van der Waals surface area contributed by atoms with Crippen molar-refractivity contribution < 1.29 is 14.2 Å². The fourth-order valence-corrected chi connectivity index (χ4v) is 2.94. The third-order valence-electron chi connectivity index (χ3n) is 5.26. The Bertz CT molecular complexity index is 530. The van der Waals surface area contributed by atoms with Crippen LogP contribution in [0, 0.1) is 11.7 Å². The van der Waals surface area contributed by atoms with Gasteiger partial charge in [0.25, 0.3) is 0 Å². The number of anilines is 1. The number of nitrogens with zero attached hydrogens (tertiary/aromatic N) is 1. The maximum atomic E-state index is 14.5. The Kier molecular flexibility index (Phi) is 6.61. The Morgan fingerprint density at radius 1 is 1.33 bits per heavy atom. The van der Waals surface area contributed by atoms with Crippen LogP contribution in [0.5, 0.6) is 0 Å². The lowest BCUT2D eigenvalue weighted by atomic mass is 9.88. The minimum atomic E-state index is -0.769. The van der Waals surface area contributed by atoms with Crippen molar-refractivity contribution in [2.45, 2.75) is 45.8 Å². The van der Waals surface area contributed by atoms with Crippen LogP contribution in [0.3, 0.4) is 0 Å². The molecular formula is C19H31FN2O2. The van der Waals surface area contributed by atoms with E-state index in [1.807, 2.05) is 37.8 Å². The number of morpholine rings is 1. The molecule has 1 fully saturated rings. The molecule has 0 saturated carbocycles. The zero-order valence-corrected chi connectivity index (χ0v) is 15.3. The molecule has 0 radical (unpaired) electrons. The number of aliphatic hydroxyl groups is 1. The van der Waals surface area contributed by atoms with Crippen LogP contribution < -0.4 is 10.2 Å². The highest BCUT2D eigenvalue weighted by atomic mass is 19.1. The molecule has 24 heavy (non-hydrogen) atoms. The highest BCUT2D eigenvalue weighted by molar-refractivity contribution is 5.49. The Morgan fingerprint density at radius 2 is 2.00 bits per heavy atom. The predicted molar refractivity (Wildman–Crippen MR) is 95.9 cm³/mol. The van der Waals surface area contributed by atoms with E-state index in [1.54, 1.807) is 6.07 Å². The Balaban J connectivity index is 2.00. The van der Waals surface area contributed by atoms with Crippen LogP contribution >= 0.6 is 0 Å². The smallest absolute Gasteiger partial charge is 0.146 e. The molecule has 4 nitrogen and oxygen atoms in total. The Labute approximate surface area is 145 Å². The molecular weight excluding hydrogens is 307 g/mol. The maximum Gasteiger partial charge on any atom is 0.146 e. The second-order valence-electron chi connectivity index (χ2n) is 7.08. The molecule has 3 atom stereocenters. The molecule has 136 valence electrons. The van der Waals surface area contributed by atoms with Crippen molar-refractivity contribution in [3.05, 3.63) is 29.6 Å². The number of benzene rings is 1. The molecule has 0 spiro atoms. The molecule has 1 aromatic carbocycles. The van der Waals surface area contributed by atoms with Crippen molar-refractivity contribution in [2.75, 3.05) is 37.7 Å². The molecule has 0 bridgehead atoms. The molecule has 0 amide bonds. The van der Waals surface area contributed by atoms with Crippen molar-refractivity contribution in [1.29, 1.82) is 0 Å². The van der Waals surface area contributed by atoms with Gasteiger partial charge in [-0.1, -0.05) is 26.3 Å². The first-order chi connectivity index (χ1) is 11.3. The quantitative estimate of drug-likeness (QED) is 0.802. The average molecular weight is 338 g/mol. The molecule has 0 aliphatic carbocycles. The van der Waals surface area contributed by atoms with Gasteiger partial charge in [0, 0.05) is 25.7 Å². The molecule has 2 N–H and O–H groups in total. The third-order valence-corrected chi connectivity index (χ3v) is 5.26. The number of rotatable bonds is 7. The summed E-state index contributed by atoms with van der Waals surface area (Å²) in [5, 5.41) is 13.8. The molecule has 1 aliphatic rings. The molecule has 1 aliphatic heterocycles. The minimum Gasteiger partial charge on any atom is -0.389 e. The van der Waals surface area contributed by atoms with Gasteiger partial charge in [0.15, 0.2) is 0 Å². The Morgan fingerprint density at radius 3 is 2.58 bits per heavy atom. The maximum absolute atomic E-state index is 14.5. The van der Waals surface area contributed by atoms with Gasteiger partial charge in [-0.3, -0.25) is 0 Å². The van der Waals surface area contributed by atoms with Gasteiger partial charge in [-0.25, -0.2) is 4.39 Å². The van der Waals surface area contributed by atoms with E-state index in [2.05, 4.69) is 12.2 Å². The summed E-state index contributed by atoms with van der Waals surface area (Å²) in [7, 11) is 0. The Hall–Kier alpha value is -1.17. The predicted octanol–water partition coefficient (Wildman–Crippen LogP) is 3.11. The topological polar surface area (TPSA) is 44.7 Å². The van der Waals surface area contributed by atoms with E-state index < -0.39 is 5.60 Å². The van der Waals surface area contributed by atoms with Crippen molar-refractivity contribution in [1.82, 2.24) is 5.32 Å². The van der Waals surface area contributed by atoms with E-state index in [9.17, 15) is 9.50 Å². The minimum absolute atomic E-state index is 0.0197. The fraction of sp³-hybridized carbons (Fsp3) is 0.684. The van der Waals surface area contributed by atoms with E-state index in [0.29, 0.717) is 25.4 Å². The second kappa shape index (κ2) is 8.28. The van der Waals surface area contributed by atoms with Crippen LogP contribution in [0.2, 0.25) is 0 Å². The summed E-state index contributed by atoms with van der Waals surface area (Å²) < 4.78 is 19.8. The molecule has 2 rings (SSSR count). The van der Waals surface area contributed by atoms with Gasteiger partial charge in [-0.05, 0) is 37.5 Å². The van der Waals surface area contributed by atoms with Crippen molar-refractivity contribution >= 4 is 5.69 Å². The summed E-state index contributed by atoms with van der Waals surface area (Å²) in [5.74, 6) is 0.00868. The largest absolute Gasteiger partial charge is 0.389 e. The number of halogens is 1. The summed E-state index contributed by atoms with van der Waals surface area (Å²) in [6.45, 7) is 11.2. The highest BCUT2D eigenvalue weighted by Crippen LogP contribution is 2.25. The molecule has 0 aromatic heterocycles. The van der Waals surface area contributed by atoms with Crippen LogP contribution in [0.4, 0.5) is 10.1 Å². The van der Waals surface area contributed by atoms with Crippen LogP contribution in [0.1, 0.15) is 45.7 Å². The number of hydrogen-bond donors (Lipinski definition) is 2. The number of hydrogen-bond acceptors (Lipinski definition) is 4. The first-order valence-corrected chi connectivity index (χ1v) is 8.93. The monoisotopic (exact) mass is 338 g/mol. The summed E-state index contributed by atoms with van der Waals surface area (Å²) in [6, 6.07) is 5.39. The lowest BCUT2D eigenvalue weighted by Crippen LogP contribution is -2.43. The van der Waals surface area contributed by atoms with E-state index in [-0.39, 0.29) is 17.8 Å².